The second-order valence-electron chi connectivity index (χ2n) is 6.67. The van der Waals surface area contributed by atoms with Crippen LogP contribution >= 0.6 is 11.3 Å². The minimum absolute atomic E-state index is 0.0252. The molecule has 3 rings (SSSR count). The third-order valence-corrected chi connectivity index (χ3v) is 5.59. The molecule has 5 heteroatoms. The number of hydrogen-bond acceptors (Lipinski definition) is 4. The summed E-state index contributed by atoms with van der Waals surface area (Å²) >= 11 is 1.55. The van der Waals surface area contributed by atoms with Crippen LogP contribution in [-0.2, 0) is 6.42 Å². The normalized spacial score (nSPS) is 16.0. The predicted octanol–water partition coefficient (Wildman–Crippen LogP) is 4.59. The Morgan fingerprint density at radius 1 is 1.16 bits per heavy atom. The summed E-state index contributed by atoms with van der Waals surface area (Å²) in [6.07, 6.45) is 9.26. The van der Waals surface area contributed by atoms with E-state index in [9.17, 15) is 4.79 Å². The van der Waals surface area contributed by atoms with Crippen LogP contribution in [0, 0.1) is 0 Å². The Balaban J connectivity index is 1.56. The third-order valence-electron chi connectivity index (χ3n) is 4.74. The highest BCUT2D eigenvalue weighted by Crippen LogP contribution is 2.20. The molecule has 2 aromatic rings. The smallest absolute Gasteiger partial charge is 0.270 e. The highest BCUT2D eigenvalue weighted by atomic mass is 32.1. The molecule has 0 atom stereocenters. The number of hydrogen-bond donors (Lipinski definition) is 1. The standard InChI is InChI=1S/C20H26N2O2S/c1-24-17-11-9-15(10-12-17)13-19-22-18(14-25-19)20(23)21-16-7-5-3-2-4-6-8-16/h9-12,14,16H,2-8,13H2,1H3,(H,21,23). The number of benzene rings is 1. The lowest BCUT2D eigenvalue weighted by molar-refractivity contribution is 0.0926. The van der Waals surface area contributed by atoms with Gasteiger partial charge in [0.2, 0.25) is 0 Å². The van der Waals surface area contributed by atoms with E-state index in [1.165, 1.54) is 37.7 Å². The molecule has 4 nitrogen and oxygen atoms in total. The largest absolute Gasteiger partial charge is 0.497 e. The van der Waals surface area contributed by atoms with Gasteiger partial charge >= 0.3 is 0 Å². The highest BCUT2D eigenvalue weighted by Gasteiger charge is 2.17. The molecule has 0 bridgehead atoms. The van der Waals surface area contributed by atoms with Crippen LogP contribution < -0.4 is 10.1 Å². The molecule has 1 N–H and O–H groups in total. The average Bonchev–Trinajstić information content (AvgIpc) is 3.06. The van der Waals surface area contributed by atoms with E-state index in [0.717, 1.165) is 30.0 Å². The summed E-state index contributed by atoms with van der Waals surface area (Å²) in [4.78, 5) is 17.0. The van der Waals surface area contributed by atoms with Gasteiger partial charge in [0.25, 0.3) is 5.91 Å². The van der Waals surface area contributed by atoms with Crippen molar-refractivity contribution in [2.24, 2.45) is 0 Å². The Morgan fingerprint density at radius 2 is 1.84 bits per heavy atom. The molecule has 0 saturated heterocycles. The van der Waals surface area contributed by atoms with Crippen LogP contribution in [0.5, 0.6) is 5.75 Å². The van der Waals surface area contributed by atoms with Gasteiger partial charge in [-0.15, -0.1) is 11.3 Å². The monoisotopic (exact) mass is 358 g/mol. The number of carbonyl (C=O) groups is 1. The van der Waals surface area contributed by atoms with E-state index in [2.05, 4.69) is 10.3 Å². The molecule has 1 amide bonds. The molecule has 0 unspecified atom stereocenters. The molecule has 1 saturated carbocycles. The maximum atomic E-state index is 12.5. The topological polar surface area (TPSA) is 51.2 Å². The summed E-state index contributed by atoms with van der Waals surface area (Å²) in [5.41, 5.74) is 1.72. The molecule has 134 valence electrons. The summed E-state index contributed by atoms with van der Waals surface area (Å²) < 4.78 is 5.18. The van der Waals surface area contributed by atoms with Gasteiger partial charge in [0.1, 0.15) is 11.4 Å². The molecule has 1 aromatic heterocycles. The van der Waals surface area contributed by atoms with Crippen LogP contribution in [0.4, 0.5) is 0 Å². The summed E-state index contributed by atoms with van der Waals surface area (Å²) in [6.45, 7) is 0. The molecule has 0 aliphatic heterocycles. The van der Waals surface area contributed by atoms with Gasteiger partial charge in [-0.25, -0.2) is 4.98 Å². The fourth-order valence-corrected chi connectivity index (χ4v) is 4.08. The van der Waals surface area contributed by atoms with Crippen LogP contribution in [0.1, 0.15) is 66.0 Å². The van der Waals surface area contributed by atoms with Crippen LogP contribution in [0.3, 0.4) is 0 Å². The second kappa shape index (κ2) is 8.99. The molecule has 1 fully saturated rings. The minimum Gasteiger partial charge on any atom is -0.497 e. The number of nitrogens with one attached hydrogen (secondary N) is 1. The molecule has 0 radical (unpaired) electrons. The summed E-state index contributed by atoms with van der Waals surface area (Å²) in [7, 11) is 1.66. The number of methoxy groups -OCH3 is 1. The first kappa shape index (κ1) is 17.9. The van der Waals surface area contributed by atoms with E-state index in [1.54, 1.807) is 18.4 Å². The molecule has 25 heavy (non-hydrogen) atoms. The molecule has 1 heterocycles. The Labute approximate surface area is 153 Å². The van der Waals surface area contributed by atoms with Gasteiger partial charge in [0.15, 0.2) is 0 Å². The van der Waals surface area contributed by atoms with E-state index in [4.69, 9.17) is 4.74 Å². The van der Waals surface area contributed by atoms with E-state index in [0.29, 0.717) is 11.7 Å². The van der Waals surface area contributed by atoms with Crippen LogP contribution in [0.2, 0.25) is 0 Å². The molecular weight excluding hydrogens is 332 g/mol. The van der Waals surface area contributed by atoms with Crippen LogP contribution in [0.15, 0.2) is 29.6 Å². The van der Waals surface area contributed by atoms with Crippen molar-refractivity contribution in [3.05, 3.63) is 45.9 Å². The first-order valence-corrected chi connectivity index (χ1v) is 10.0. The fourth-order valence-electron chi connectivity index (χ4n) is 3.27. The van der Waals surface area contributed by atoms with Crippen molar-refractivity contribution < 1.29 is 9.53 Å². The minimum atomic E-state index is -0.0252. The number of rotatable bonds is 5. The lowest BCUT2D eigenvalue weighted by Gasteiger charge is -2.20. The molecule has 0 spiro atoms. The number of amides is 1. The van der Waals surface area contributed by atoms with Crippen molar-refractivity contribution in [3.8, 4) is 5.75 Å². The molecule has 1 aromatic carbocycles. The SMILES string of the molecule is COc1ccc(Cc2nc(C(=O)NC3CCCCCCC3)cs2)cc1. The predicted molar refractivity (Wildman–Crippen MR) is 101 cm³/mol. The number of carbonyl (C=O) groups excluding carboxylic acids is 1. The number of ether oxygens (including phenoxy) is 1. The lowest BCUT2D eigenvalue weighted by atomic mass is 9.97. The van der Waals surface area contributed by atoms with E-state index >= 15 is 0 Å². The Morgan fingerprint density at radius 3 is 2.52 bits per heavy atom. The maximum Gasteiger partial charge on any atom is 0.270 e. The van der Waals surface area contributed by atoms with Gasteiger partial charge in [0, 0.05) is 17.8 Å². The summed E-state index contributed by atoms with van der Waals surface area (Å²) in [6, 6.07) is 8.28. The van der Waals surface area contributed by atoms with E-state index in [1.807, 2.05) is 29.6 Å². The van der Waals surface area contributed by atoms with Gasteiger partial charge in [-0.3, -0.25) is 4.79 Å². The highest BCUT2D eigenvalue weighted by molar-refractivity contribution is 7.09. The van der Waals surface area contributed by atoms with Crippen LogP contribution in [0.25, 0.3) is 0 Å². The van der Waals surface area contributed by atoms with Gasteiger partial charge < -0.3 is 10.1 Å². The van der Waals surface area contributed by atoms with Crippen molar-refractivity contribution in [2.45, 2.75) is 57.4 Å². The average molecular weight is 359 g/mol. The number of nitrogens with zero attached hydrogens (tertiary/aromatic N) is 1. The van der Waals surface area contributed by atoms with Crippen molar-refractivity contribution in [1.29, 1.82) is 0 Å². The second-order valence-corrected chi connectivity index (χ2v) is 7.61. The van der Waals surface area contributed by atoms with Crippen molar-refractivity contribution in [2.75, 3.05) is 7.11 Å². The van der Waals surface area contributed by atoms with Crippen molar-refractivity contribution >= 4 is 17.2 Å². The van der Waals surface area contributed by atoms with Crippen LogP contribution in [-0.4, -0.2) is 24.0 Å². The Bertz CT molecular complexity index is 673. The maximum absolute atomic E-state index is 12.5. The van der Waals surface area contributed by atoms with Crippen molar-refractivity contribution in [3.63, 3.8) is 0 Å². The molecule has 1 aliphatic carbocycles. The van der Waals surface area contributed by atoms with Crippen molar-refractivity contribution in [1.82, 2.24) is 10.3 Å². The van der Waals surface area contributed by atoms with E-state index < -0.39 is 0 Å². The number of thiazole rings is 1. The van der Waals surface area contributed by atoms with E-state index in [-0.39, 0.29) is 5.91 Å². The number of aromatic nitrogens is 1. The first-order valence-electron chi connectivity index (χ1n) is 9.13. The quantitative estimate of drug-likeness (QED) is 0.851. The molecular formula is C20H26N2O2S. The summed E-state index contributed by atoms with van der Waals surface area (Å²) in [5, 5.41) is 6.02. The van der Waals surface area contributed by atoms with Gasteiger partial charge in [0.05, 0.1) is 12.1 Å². The first-order chi connectivity index (χ1) is 12.2. The zero-order chi connectivity index (χ0) is 17.5. The van der Waals surface area contributed by atoms with Gasteiger partial charge in [-0.1, -0.05) is 44.2 Å². The Kier molecular flexibility index (Phi) is 6.45. The Hall–Kier alpha value is -1.88. The summed E-state index contributed by atoms with van der Waals surface area (Å²) in [5.74, 6) is 0.824. The van der Waals surface area contributed by atoms with Gasteiger partial charge in [-0.2, -0.15) is 0 Å². The molecule has 1 aliphatic rings. The zero-order valence-corrected chi connectivity index (χ0v) is 15.6. The lowest BCUT2D eigenvalue weighted by Crippen LogP contribution is -2.35. The third kappa shape index (κ3) is 5.30. The van der Waals surface area contributed by atoms with Gasteiger partial charge in [-0.05, 0) is 30.5 Å². The zero-order valence-electron chi connectivity index (χ0n) is 14.8. The fraction of sp³-hybridized carbons (Fsp3) is 0.500.